The Kier molecular flexibility index (Phi) is 4.11. The maximum Gasteiger partial charge on any atom is 0.134 e. The molecule has 2 aromatic rings. The number of nitrogens with one attached hydrogen (secondary N) is 1. The maximum atomic E-state index is 9.36. The van der Waals surface area contributed by atoms with Gasteiger partial charge in [0.2, 0.25) is 0 Å². The second-order valence-corrected chi connectivity index (χ2v) is 4.56. The van der Waals surface area contributed by atoms with Crippen LogP contribution in [0.25, 0.3) is 0 Å². The van der Waals surface area contributed by atoms with Crippen LogP contribution >= 0.6 is 11.6 Å². The van der Waals surface area contributed by atoms with Gasteiger partial charge in [0.1, 0.15) is 5.75 Å². The van der Waals surface area contributed by atoms with Gasteiger partial charge in [-0.1, -0.05) is 42.8 Å². The molecule has 0 unspecified atom stereocenters. The Hall–Kier alpha value is -1.67. The number of hydrogen-bond donors (Lipinski definition) is 2. The van der Waals surface area contributed by atoms with E-state index >= 15 is 0 Å². The standard InChI is InChI=1S/C15H16ClNO/c1-2-12-5-3-4-6-14(12)17-10-11-7-8-15(18)13(16)9-11/h3-9,17-18H,2,10H2,1H3. The summed E-state index contributed by atoms with van der Waals surface area (Å²) in [6, 6.07) is 13.5. The van der Waals surface area contributed by atoms with Gasteiger partial charge in [-0.2, -0.15) is 0 Å². The predicted molar refractivity (Wildman–Crippen MR) is 76.3 cm³/mol. The third kappa shape index (κ3) is 2.96. The first-order valence-corrected chi connectivity index (χ1v) is 6.37. The van der Waals surface area contributed by atoms with Crippen molar-refractivity contribution in [2.45, 2.75) is 19.9 Å². The summed E-state index contributed by atoms with van der Waals surface area (Å²) in [5, 5.41) is 13.1. The molecule has 18 heavy (non-hydrogen) atoms. The zero-order valence-corrected chi connectivity index (χ0v) is 11.0. The molecule has 0 radical (unpaired) electrons. The number of anilines is 1. The van der Waals surface area contributed by atoms with E-state index in [1.807, 2.05) is 18.2 Å². The minimum absolute atomic E-state index is 0.120. The average molecular weight is 262 g/mol. The number of para-hydroxylation sites is 1. The first-order chi connectivity index (χ1) is 8.70. The summed E-state index contributed by atoms with van der Waals surface area (Å²) >= 11 is 5.88. The molecule has 0 atom stereocenters. The molecule has 0 spiro atoms. The second kappa shape index (κ2) is 5.78. The minimum atomic E-state index is 0.120. The van der Waals surface area contributed by atoms with Gasteiger partial charge in [0.05, 0.1) is 5.02 Å². The van der Waals surface area contributed by atoms with E-state index in [9.17, 15) is 5.11 Å². The lowest BCUT2D eigenvalue weighted by Crippen LogP contribution is -2.01. The van der Waals surface area contributed by atoms with Crippen LogP contribution in [0.5, 0.6) is 5.75 Å². The molecule has 0 aliphatic carbocycles. The zero-order chi connectivity index (χ0) is 13.0. The van der Waals surface area contributed by atoms with Crippen LogP contribution in [-0.2, 0) is 13.0 Å². The highest BCUT2D eigenvalue weighted by Gasteiger charge is 2.02. The summed E-state index contributed by atoms with van der Waals surface area (Å²) in [6.07, 6.45) is 1.000. The van der Waals surface area contributed by atoms with Crippen molar-refractivity contribution >= 4 is 17.3 Å². The van der Waals surface area contributed by atoms with E-state index in [1.54, 1.807) is 12.1 Å². The fourth-order valence-electron chi connectivity index (χ4n) is 1.86. The quantitative estimate of drug-likeness (QED) is 0.864. The van der Waals surface area contributed by atoms with Crippen molar-refractivity contribution in [2.75, 3.05) is 5.32 Å². The number of phenols is 1. The van der Waals surface area contributed by atoms with Crippen molar-refractivity contribution in [3.8, 4) is 5.75 Å². The van der Waals surface area contributed by atoms with Crippen LogP contribution in [0.3, 0.4) is 0 Å². The summed E-state index contributed by atoms with van der Waals surface area (Å²) < 4.78 is 0. The Balaban J connectivity index is 2.09. The summed E-state index contributed by atoms with van der Waals surface area (Å²) in [6.45, 7) is 2.83. The van der Waals surface area contributed by atoms with Gasteiger partial charge in [-0.15, -0.1) is 0 Å². The molecule has 0 heterocycles. The van der Waals surface area contributed by atoms with Crippen LogP contribution in [0.15, 0.2) is 42.5 Å². The van der Waals surface area contributed by atoms with E-state index < -0.39 is 0 Å². The fourth-order valence-corrected chi connectivity index (χ4v) is 2.06. The minimum Gasteiger partial charge on any atom is -0.506 e. The van der Waals surface area contributed by atoms with Crippen molar-refractivity contribution in [3.63, 3.8) is 0 Å². The van der Waals surface area contributed by atoms with E-state index in [0.717, 1.165) is 17.7 Å². The van der Waals surface area contributed by atoms with E-state index in [-0.39, 0.29) is 5.75 Å². The SMILES string of the molecule is CCc1ccccc1NCc1ccc(O)c(Cl)c1. The molecule has 3 heteroatoms. The first-order valence-electron chi connectivity index (χ1n) is 6.00. The van der Waals surface area contributed by atoms with Crippen LogP contribution in [0.2, 0.25) is 5.02 Å². The number of phenolic OH excluding ortho intramolecular Hbond substituents is 1. The molecule has 94 valence electrons. The Morgan fingerprint density at radius 2 is 1.94 bits per heavy atom. The lowest BCUT2D eigenvalue weighted by Gasteiger charge is -2.11. The van der Waals surface area contributed by atoms with Crippen LogP contribution in [-0.4, -0.2) is 5.11 Å². The molecule has 0 fully saturated rings. The molecular formula is C15H16ClNO. The summed E-state index contributed by atoms with van der Waals surface area (Å²) in [4.78, 5) is 0. The summed E-state index contributed by atoms with van der Waals surface area (Å²) in [5.41, 5.74) is 3.48. The monoisotopic (exact) mass is 261 g/mol. The number of benzene rings is 2. The maximum absolute atomic E-state index is 9.36. The van der Waals surface area contributed by atoms with Gasteiger partial charge >= 0.3 is 0 Å². The average Bonchev–Trinajstić information content (AvgIpc) is 2.40. The highest BCUT2D eigenvalue weighted by Crippen LogP contribution is 2.24. The molecule has 0 amide bonds. The molecule has 0 saturated carbocycles. The largest absolute Gasteiger partial charge is 0.506 e. The molecule has 2 N–H and O–H groups in total. The zero-order valence-electron chi connectivity index (χ0n) is 10.3. The fraction of sp³-hybridized carbons (Fsp3) is 0.200. The third-order valence-corrected chi connectivity index (χ3v) is 3.20. The van der Waals surface area contributed by atoms with Gasteiger partial charge < -0.3 is 10.4 Å². The molecule has 0 bridgehead atoms. The molecule has 0 aliphatic rings. The third-order valence-electron chi connectivity index (χ3n) is 2.89. The van der Waals surface area contributed by atoms with E-state index in [0.29, 0.717) is 11.6 Å². The van der Waals surface area contributed by atoms with Crippen LogP contribution in [0.1, 0.15) is 18.1 Å². The van der Waals surface area contributed by atoms with Crippen LogP contribution < -0.4 is 5.32 Å². The Labute approximate surface area is 112 Å². The highest BCUT2D eigenvalue weighted by atomic mass is 35.5. The number of halogens is 1. The van der Waals surface area contributed by atoms with Gasteiger partial charge in [-0.3, -0.25) is 0 Å². The van der Waals surface area contributed by atoms with Gasteiger partial charge in [0.25, 0.3) is 0 Å². The molecule has 0 aliphatic heterocycles. The van der Waals surface area contributed by atoms with Crippen molar-refractivity contribution in [2.24, 2.45) is 0 Å². The van der Waals surface area contributed by atoms with E-state index in [4.69, 9.17) is 11.6 Å². The van der Waals surface area contributed by atoms with E-state index in [2.05, 4.69) is 24.4 Å². The number of rotatable bonds is 4. The van der Waals surface area contributed by atoms with E-state index in [1.165, 1.54) is 5.56 Å². The first kappa shape index (κ1) is 12.8. The predicted octanol–water partition coefficient (Wildman–Crippen LogP) is 4.22. The second-order valence-electron chi connectivity index (χ2n) is 4.15. The summed E-state index contributed by atoms with van der Waals surface area (Å²) in [5.74, 6) is 0.120. The number of hydrogen-bond acceptors (Lipinski definition) is 2. The molecule has 0 aromatic heterocycles. The molecule has 2 aromatic carbocycles. The Morgan fingerprint density at radius 1 is 1.17 bits per heavy atom. The lowest BCUT2D eigenvalue weighted by molar-refractivity contribution is 0.475. The molecule has 0 saturated heterocycles. The molecule has 2 rings (SSSR count). The van der Waals surface area contributed by atoms with Gasteiger partial charge in [0, 0.05) is 12.2 Å². The topological polar surface area (TPSA) is 32.3 Å². The highest BCUT2D eigenvalue weighted by molar-refractivity contribution is 6.32. The van der Waals surface area contributed by atoms with Crippen molar-refractivity contribution < 1.29 is 5.11 Å². The van der Waals surface area contributed by atoms with Crippen LogP contribution in [0.4, 0.5) is 5.69 Å². The molecule has 2 nitrogen and oxygen atoms in total. The summed E-state index contributed by atoms with van der Waals surface area (Å²) in [7, 11) is 0. The van der Waals surface area contributed by atoms with Gasteiger partial charge in [-0.05, 0) is 35.7 Å². The Bertz CT molecular complexity index is 540. The number of aryl methyl sites for hydroxylation is 1. The number of aromatic hydroxyl groups is 1. The Morgan fingerprint density at radius 3 is 2.67 bits per heavy atom. The van der Waals surface area contributed by atoms with Crippen molar-refractivity contribution in [1.82, 2.24) is 0 Å². The van der Waals surface area contributed by atoms with Crippen molar-refractivity contribution in [3.05, 3.63) is 58.6 Å². The normalized spacial score (nSPS) is 10.3. The molecular weight excluding hydrogens is 246 g/mol. The van der Waals surface area contributed by atoms with Gasteiger partial charge in [0.15, 0.2) is 0 Å². The lowest BCUT2D eigenvalue weighted by atomic mass is 10.1. The van der Waals surface area contributed by atoms with Crippen LogP contribution in [0, 0.1) is 0 Å². The van der Waals surface area contributed by atoms with Gasteiger partial charge in [-0.25, -0.2) is 0 Å². The van der Waals surface area contributed by atoms with Crippen molar-refractivity contribution in [1.29, 1.82) is 0 Å². The smallest absolute Gasteiger partial charge is 0.134 e.